The molecule has 166 valence electrons. The van der Waals surface area contributed by atoms with Gasteiger partial charge in [-0.05, 0) is 36.6 Å². The van der Waals surface area contributed by atoms with Crippen LogP contribution in [-0.2, 0) is 19.6 Å². The smallest absolute Gasteiger partial charge is 0.246 e. The number of nitrogens with zero attached hydrogens (tertiary/aromatic N) is 2. The average molecular weight is 438 g/mol. The number of sulfonamides is 1. The molecular weight excluding hydrogens is 406 g/mol. The number of hydrogen-bond donors (Lipinski definition) is 1. The number of amides is 1. The fourth-order valence-corrected chi connectivity index (χ4v) is 5.34. The zero-order chi connectivity index (χ0) is 21.4. The largest absolute Gasteiger partial charge is 0.495 e. The van der Waals surface area contributed by atoms with Crippen molar-refractivity contribution in [3.63, 3.8) is 0 Å². The monoisotopic (exact) mass is 437 g/mol. The van der Waals surface area contributed by atoms with E-state index in [9.17, 15) is 13.2 Å². The summed E-state index contributed by atoms with van der Waals surface area (Å²) in [6.45, 7) is 5.61. The molecule has 3 rings (SSSR count). The molecule has 0 bridgehead atoms. The molecule has 2 heterocycles. The molecule has 1 aromatic carbocycles. The van der Waals surface area contributed by atoms with Gasteiger partial charge in [-0.2, -0.15) is 4.31 Å². The number of ether oxygens (including phenoxy) is 2. The molecule has 1 N–H and O–H groups in total. The van der Waals surface area contributed by atoms with Crippen LogP contribution in [0.2, 0.25) is 0 Å². The number of nitrogens with one attached hydrogen (secondary N) is 1. The Labute approximate surface area is 178 Å². The zero-order valence-corrected chi connectivity index (χ0v) is 18.3. The Balaban J connectivity index is 1.63. The van der Waals surface area contributed by atoms with Gasteiger partial charge in [-0.25, -0.2) is 8.42 Å². The Morgan fingerprint density at radius 3 is 2.60 bits per heavy atom. The minimum absolute atomic E-state index is 0.141. The first-order valence-corrected chi connectivity index (χ1v) is 11.9. The van der Waals surface area contributed by atoms with Crippen LogP contribution in [0.15, 0.2) is 29.2 Å². The summed E-state index contributed by atoms with van der Waals surface area (Å²) in [7, 11) is -2.17. The lowest BCUT2D eigenvalue weighted by Gasteiger charge is -2.26. The van der Waals surface area contributed by atoms with Gasteiger partial charge in [-0.1, -0.05) is 12.5 Å². The fourth-order valence-electron chi connectivity index (χ4n) is 3.64. The normalized spacial score (nSPS) is 19.1. The summed E-state index contributed by atoms with van der Waals surface area (Å²) in [6, 6.07) is 4.94. The Morgan fingerprint density at radius 1 is 1.17 bits per heavy atom. The van der Waals surface area contributed by atoms with E-state index in [1.807, 2.05) is 0 Å². The number of carbonyl (C=O) groups excluding carboxylic acids is 1. The highest BCUT2D eigenvalue weighted by Crippen LogP contribution is 2.29. The minimum atomic E-state index is -3.63. The average Bonchev–Trinajstić information content (AvgIpc) is 2.79. The van der Waals surface area contributed by atoms with Gasteiger partial charge in [-0.15, -0.1) is 0 Å². The molecule has 0 saturated carbocycles. The maximum atomic E-state index is 13.1. The second-order valence-corrected chi connectivity index (χ2v) is 9.36. The summed E-state index contributed by atoms with van der Waals surface area (Å²) >= 11 is 0. The number of rotatable bonds is 8. The lowest BCUT2D eigenvalue weighted by Crippen LogP contribution is -2.41. The van der Waals surface area contributed by atoms with Crippen molar-refractivity contribution in [1.29, 1.82) is 0 Å². The number of benzene rings is 1. The third kappa shape index (κ3) is 6.04. The number of morpholine rings is 1. The van der Waals surface area contributed by atoms with Crippen molar-refractivity contribution < 1.29 is 22.7 Å². The molecule has 0 unspecified atom stereocenters. The number of hydrogen-bond acceptors (Lipinski definition) is 6. The Morgan fingerprint density at radius 2 is 1.90 bits per heavy atom. The first-order valence-electron chi connectivity index (χ1n) is 10.4. The highest BCUT2D eigenvalue weighted by Gasteiger charge is 2.29. The van der Waals surface area contributed by atoms with Gasteiger partial charge in [-0.3, -0.25) is 9.69 Å². The molecule has 2 fully saturated rings. The number of carbonyl (C=O) groups is 1. The van der Waals surface area contributed by atoms with Gasteiger partial charge >= 0.3 is 0 Å². The van der Waals surface area contributed by atoms with Gasteiger partial charge in [0, 0.05) is 45.3 Å². The van der Waals surface area contributed by atoms with E-state index < -0.39 is 10.0 Å². The lowest BCUT2D eigenvalue weighted by atomic mass is 10.2. The van der Waals surface area contributed by atoms with Gasteiger partial charge in [0.15, 0.2) is 0 Å². The molecule has 2 saturated heterocycles. The molecule has 0 atom stereocenters. The first-order chi connectivity index (χ1) is 14.5. The first kappa shape index (κ1) is 22.7. The minimum Gasteiger partial charge on any atom is -0.495 e. The van der Waals surface area contributed by atoms with E-state index in [-0.39, 0.29) is 10.8 Å². The van der Waals surface area contributed by atoms with Gasteiger partial charge in [0.1, 0.15) is 10.6 Å². The van der Waals surface area contributed by atoms with Gasteiger partial charge in [0.2, 0.25) is 15.9 Å². The van der Waals surface area contributed by atoms with Crippen molar-refractivity contribution in [3.8, 4) is 5.75 Å². The molecule has 8 nitrogen and oxygen atoms in total. The van der Waals surface area contributed by atoms with E-state index in [0.29, 0.717) is 30.9 Å². The molecule has 2 aliphatic rings. The molecular formula is C21H31N3O5S. The topological polar surface area (TPSA) is 88.2 Å². The molecule has 0 aliphatic carbocycles. The van der Waals surface area contributed by atoms with Crippen LogP contribution in [0.4, 0.5) is 0 Å². The van der Waals surface area contributed by atoms with Crippen LogP contribution >= 0.6 is 0 Å². The third-order valence-electron chi connectivity index (χ3n) is 5.38. The van der Waals surface area contributed by atoms with Crippen molar-refractivity contribution in [2.24, 2.45) is 0 Å². The molecule has 1 aromatic rings. The Kier molecular flexibility index (Phi) is 8.26. The van der Waals surface area contributed by atoms with E-state index in [1.54, 1.807) is 24.3 Å². The van der Waals surface area contributed by atoms with Crippen molar-refractivity contribution in [3.05, 3.63) is 29.8 Å². The van der Waals surface area contributed by atoms with Crippen molar-refractivity contribution in [2.45, 2.75) is 24.2 Å². The van der Waals surface area contributed by atoms with Gasteiger partial charge in [0.05, 0.1) is 20.3 Å². The van der Waals surface area contributed by atoms with Crippen molar-refractivity contribution >= 4 is 22.0 Å². The Hall–Kier alpha value is -1.94. The SMILES string of the molecule is COc1ccc(C=CC(=O)NCCN2CCOCC2)cc1S(=O)(=O)N1CCCCC1. The lowest BCUT2D eigenvalue weighted by molar-refractivity contribution is -0.116. The van der Waals surface area contributed by atoms with Crippen LogP contribution in [0.5, 0.6) is 5.75 Å². The molecule has 9 heteroatoms. The summed E-state index contributed by atoms with van der Waals surface area (Å²) in [5.74, 6) is 0.104. The molecule has 1 amide bonds. The molecule has 0 aromatic heterocycles. The second kappa shape index (κ2) is 10.9. The molecule has 2 aliphatic heterocycles. The number of piperidine rings is 1. The van der Waals surface area contributed by atoms with Gasteiger partial charge < -0.3 is 14.8 Å². The Bertz CT molecular complexity index is 844. The van der Waals surface area contributed by atoms with E-state index in [2.05, 4.69) is 10.2 Å². The van der Waals surface area contributed by atoms with E-state index in [1.165, 1.54) is 17.5 Å². The molecule has 0 spiro atoms. The van der Waals surface area contributed by atoms with Crippen LogP contribution in [0.3, 0.4) is 0 Å². The highest BCUT2D eigenvalue weighted by molar-refractivity contribution is 7.89. The quantitative estimate of drug-likeness (QED) is 0.618. The van der Waals surface area contributed by atoms with Gasteiger partial charge in [0.25, 0.3) is 0 Å². The fraction of sp³-hybridized carbons (Fsp3) is 0.571. The summed E-state index contributed by atoms with van der Waals surface area (Å²) in [6.07, 6.45) is 5.83. The second-order valence-electron chi connectivity index (χ2n) is 7.45. The standard InChI is InChI=1S/C21H31N3O5S/c1-28-19-7-5-18(17-20(19)30(26,27)24-10-3-2-4-11-24)6-8-21(25)22-9-12-23-13-15-29-16-14-23/h5-8,17H,2-4,9-16H2,1H3,(H,22,25). The summed E-state index contributed by atoms with van der Waals surface area (Å²) < 4.78 is 38.3. The predicted molar refractivity (Wildman–Crippen MR) is 115 cm³/mol. The molecule has 0 radical (unpaired) electrons. The zero-order valence-electron chi connectivity index (χ0n) is 17.5. The third-order valence-corrected chi connectivity index (χ3v) is 7.30. The summed E-state index contributed by atoms with van der Waals surface area (Å²) in [4.78, 5) is 14.5. The van der Waals surface area contributed by atoms with Crippen LogP contribution in [0.25, 0.3) is 6.08 Å². The maximum absolute atomic E-state index is 13.1. The summed E-state index contributed by atoms with van der Waals surface area (Å²) in [5, 5.41) is 2.86. The molecule has 30 heavy (non-hydrogen) atoms. The van der Waals surface area contributed by atoms with Crippen molar-refractivity contribution in [2.75, 3.05) is 59.6 Å². The van der Waals surface area contributed by atoms with Crippen LogP contribution in [-0.4, -0.2) is 83.1 Å². The van der Waals surface area contributed by atoms with Crippen molar-refractivity contribution in [1.82, 2.24) is 14.5 Å². The van der Waals surface area contributed by atoms with Crippen LogP contribution < -0.4 is 10.1 Å². The number of methoxy groups -OCH3 is 1. The maximum Gasteiger partial charge on any atom is 0.246 e. The van der Waals surface area contributed by atoms with E-state index >= 15 is 0 Å². The van der Waals surface area contributed by atoms with E-state index in [4.69, 9.17) is 9.47 Å². The van der Waals surface area contributed by atoms with Crippen LogP contribution in [0, 0.1) is 0 Å². The summed E-state index contributed by atoms with van der Waals surface area (Å²) in [5.41, 5.74) is 0.634. The van der Waals surface area contributed by atoms with E-state index in [0.717, 1.165) is 52.1 Å². The predicted octanol–water partition coefficient (Wildman–Crippen LogP) is 1.33. The van der Waals surface area contributed by atoms with Crippen LogP contribution in [0.1, 0.15) is 24.8 Å². The highest BCUT2D eigenvalue weighted by atomic mass is 32.2.